The fourth-order valence-corrected chi connectivity index (χ4v) is 5.01. The van der Waals surface area contributed by atoms with E-state index in [1.807, 2.05) is 39.0 Å². The Kier molecular flexibility index (Phi) is 8.54. The van der Waals surface area contributed by atoms with E-state index in [-0.39, 0.29) is 25.6 Å². The van der Waals surface area contributed by atoms with E-state index in [0.717, 1.165) is 30.2 Å². The second-order valence-electron chi connectivity index (χ2n) is 8.50. The van der Waals surface area contributed by atoms with Crippen molar-refractivity contribution in [2.45, 2.75) is 71.6 Å². The van der Waals surface area contributed by atoms with Gasteiger partial charge in [0.25, 0.3) is 0 Å². The van der Waals surface area contributed by atoms with E-state index in [0.29, 0.717) is 0 Å². The number of rotatable bonds is 1. The van der Waals surface area contributed by atoms with Crippen LogP contribution < -0.4 is 11.1 Å². The lowest BCUT2D eigenvalue weighted by atomic mass is 10.1. The molecule has 2 aromatic rings. The van der Waals surface area contributed by atoms with Crippen LogP contribution in [0.4, 0.5) is 4.79 Å². The predicted molar refractivity (Wildman–Crippen MR) is 131 cm³/mol. The zero-order chi connectivity index (χ0) is 21.2. The number of hydrogen-bond donors (Lipinski definition) is 2. The molecule has 3 N–H and O–H groups in total. The van der Waals surface area contributed by atoms with Crippen LogP contribution in [-0.2, 0) is 17.6 Å². The molecule has 0 aliphatic heterocycles. The first kappa shape index (κ1) is 24.9. The van der Waals surface area contributed by atoms with Gasteiger partial charge in [0.15, 0.2) is 0 Å². The summed E-state index contributed by atoms with van der Waals surface area (Å²) in [7, 11) is 0. The maximum atomic E-state index is 11.8. The third kappa shape index (κ3) is 6.08. The van der Waals surface area contributed by atoms with Gasteiger partial charge in [0.1, 0.15) is 5.60 Å². The molecule has 0 radical (unpaired) electrons. The van der Waals surface area contributed by atoms with Gasteiger partial charge in [-0.25, -0.2) is 4.79 Å². The van der Waals surface area contributed by atoms with Gasteiger partial charge in [0, 0.05) is 15.0 Å². The van der Waals surface area contributed by atoms with Gasteiger partial charge >= 0.3 is 6.09 Å². The number of ether oxygens (including phenoxy) is 1. The fourth-order valence-electron chi connectivity index (χ4n) is 3.85. The van der Waals surface area contributed by atoms with Gasteiger partial charge in [-0.05, 0) is 80.8 Å². The molecule has 1 amide bonds. The Hall–Kier alpha value is -1.37. The number of benzene rings is 2. The van der Waals surface area contributed by atoms with Crippen LogP contribution in [0.3, 0.4) is 0 Å². The zero-order valence-electron chi connectivity index (χ0n) is 17.1. The third-order valence-corrected chi connectivity index (χ3v) is 6.65. The Bertz CT molecular complexity index is 893. The molecule has 0 saturated heterocycles. The zero-order valence-corrected chi connectivity index (χ0v) is 20.3. The van der Waals surface area contributed by atoms with E-state index in [1.165, 1.54) is 26.7 Å². The molecule has 0 fully saturated rings. The maximum Gasteiger partial charge on any atom is 0.408 e. The summed E-state index contributed by atoms with van der Waals surface area (Å²) in [6.45, 7) is 5.60. The summed E-state index contributed by atoms with van der Waals surface area (Å²) < 4.78 is 7.61. The Balaban J connectivity index is 0.000000229. The van der Waals surface area contributed by atoms with Gasteiger partial charge < -0.3 is 15.8 Å². The number of halogens is 2. The summed E-state index contributed by atoms with van der Waals surface area (Å²) in [5, 5.41) is 2.94. The van der Waals surface area contributed by atoms with Gasteiger partial charge in [0.05, 0.1) is 6.04 Å². The van der Waals surface area contributed by atoms with E-state index >= 15 is 0 Å². The normalized spacial score (nSPS) is 19.0. The molecule has 0 heterocycles. The number of fused-ring (bicyclic) bond motifs is 2. The quantitative estimate of drug-likeness (QED) is 0.410. The minimum Gasteiger partial charge on any atom is -0.444 e. The van der Waals surface area contributed by atoms with E-state index in [9.17, 15) is 4.79 Å². The number of amides is 1. The van der Waals surface area contributed by atoms with Crippen molar-refractivity contribution in [3.63, 3.8) is 0 Å². The first-order valence-corrected chi connectivity index (χ1v) is 11.5. The fraction of sp³-hybridized carbons (Fsp3) is 0.458. The molecule has 0 bridgehead atoms. The van der Waals surface area contributed by atoms with Gasteiger partial charge in [-0.1, -0.05) is 63.6 Å². The van der Waals surface area contributed by atoms with E-state index in [4.69, 9.17) is 10.5 Å². The summed E-state index contributed by atoms with van der Waals surface area (Å²) in [6, 6.07) is 12.7. The van der Waals surface area contributed by atoms with Gasteiger partial charge in [-0.2, -0.15) is 0 Å². The third-order valence-electron chi connectivity index (χ3n) is 5.16. The molecular weight excluding hydrogens is 508 g/mol. The number of carbonyl (C=O) groups is 1. The molecule has 2 aromatic carbocycles. The minimum absolute atomic E-state index is 0. The molecule has 0 unspecified atom stereocenters. The standard InChI is InChI=1S/C14H18BrNO2.C9H10BrN.CH4/c1-14(2,3)18-13(17)16-12-8-7-9-10(12)5-4-6-11(9)15;10-8-3-1-2-7-6(8)4-5-9(7)11;/h4-6,12H,7-8H2,1-3H3,(H,16,17);1-3,9H,4-5,11H2;1H4/t12-;9-;/m00./s1. The molecule has 2 aliphatic rings. The highest BCUT2D eigenvalue weighted by molar-refractivity contribution is 9.10. The van der Waals surface area contributed by atoms with E-state index in [1.54, 1.807) is 0 Å². The molecule has 2 aliphatic carbocycles. The van der Waals surface area contributed by atoms with Crippen molar-refractivity contribution in [3.8, 4) is 0 Å². The highest BCUT2D eigenvalue weighted by atomic mass is 79.9. The topological polar surface area (TPSA) is 64.3 Å². The largest absolute Gasteiger partial charge is 0.444 e. The number of carbonyl (C=O) groups excluding carboxylic acids is 1. The van der Waals surface area contributed by atoms with Crippen LogP contribution in [0.2, 0.25) is 0 Å². The Morgan fingerprint density at radius 2 is 1.53 bits per heavy atom. The van der Waals surface area contributed by atoms with E-state index < -0.39 is 5.60 Å². The Morgan fingerprint density at radius 3 is 2.10 bits per heavy atom. The van der Waals surface area contributed by atoms with Gasteiger partial charge in [-0.3, -0.25) is 0 Å². The first-order valence-electron chi connectivity index (χ1n) is 9.95. The Morgan fingerprint density at radius 1 is 1.00 bits per heavy atom. The van der Waals surface area contributed by atoms with Crippen molar-refractivity contribution in [2.75, 3.05) is 0 Å². The van der Waals surface area contributed by atoms with Crippen LogP contribution in [0.25, 0.3) is 0 Å². The highest BCUT2D eigenvalue weighted by Crippen LogP contribution is 2.36. The van der Waals surface area contributed by atoms with Crippen molar-refractivity contribution in [1.82, 2.24) is 5.32 Å². The van der Waals surface area contributed by atoms with Crippen molar-refractivity contribution < 1.29 is 9.53 Å². The van der Waals surface area contributed by atoms with Crippen LogP contribution in [0, 0.1) is 0 Å². The maximum absolute atomic E-state index is 11.8. The molecule has 6 heteroatoms. The van der Waals surface area contributed by atoms with Crippen LogP contribution in [0.5, 0.6) is 0 Å². The molecule has 30 heavy (non-hydrogen) atoms. The summed E-state index contributed by atoms with van der Waals surface area (Å²) >= 11 is 7.07. The molecule has 2 atom stereocenters. The van der Waals surface area contributed by atoms with Crippen molar-refractivity contribution in [2.24, 2.45) is 5.73 Å². The summed E-state index contributed by atoms with van der Waals surface area (Å²) in [6.07, 6.45) is 3.78. The highest BCUT2D eigenvalue weighted by Gasteiger charge is 2.27. The smallest absolute Gasteiger partial charge is 0.408 e. The first-order chi connectivity index (χ1) is 13.7. The summed E-state index contributed by atoms with van der Waals surface area (Å²) in [5.74, 6) is 0. The average Bonchev–Trinajstić information content (AvgIpc) is 3.20. The number of nitrogens with one attached hydrogen (secondary N) is 1. The molecule has 4 nitrogen and oxygen atoms in total. The molecule has 4 rings (SSSR count). The van der Waals surface area contributed by atoms with Crippen LogP contribution in [0.1, 0.15) is 75.4 Å². The van der Waals surface area contributed by atoms with E-state index in [2.05, 4.69) is 55.4 Å². The lowest BCUT2D eigenvalue weighted by molar-refractivity contribution is 0.0503. The van der Waals surface area contributed by atoms with Crippen LogP contribution >= 0.6 is 31.9 Å². The summed E-state index contributed by atoms with van der Waals surface area (Å²) in [4.78, 5) is 11.8. The Labute approximate surface area is 197 Å². The van der Waals surface area contributed by atoms with Gasteiger partial charge in [0.2, 0.25) is 0 Å². The average molecular weight is 540 g/mol. The monoisotopic (exact) mass is 538 g/mol. The second kappa shape index (κ2) is 10.3. The van der Waals surface area contributed by atoms with Crippen LogP contribution in [-0.4, -0.2) is 11.7 Å². The number of nitrogens with two attached hydrogens (primary N) is 1. The minimum atomic E-state index is -0.456. The molecule has 0 saturated carbocycles. The van der Waals surface area contributed by atoms with Crippen LogP contribution in [0.15, 0.2) is 45.3 Å². The SMILES string of the molecule is C.CC(C)(C)OC(=O)N[C@H]1CCc2c(Br)cccc21.N[C@H]1CCc2c(Br)cccc21. The lowest BCUT2D eigenvalue weighted by Crippen LogP contribution is -2.34. The van der Waals surface area contributed by atoms with Crippen molar-refractivity contribution >= 4 is 38.0 Å². The van der Waals surface area contributed by atoms with Crippen molar-refractivity contribution in [3.05, 3.63) is 67.6 Å². The molecular formula is C24H32Br2N2O2. The second-order valence-corrected chi connectivity index (χ2v) is 10.2. The summed E-state index contributed by atoms with van der Waals surface area (Å²) in [5.41, 5.74) is 10.6. The molecule has 0 spiro atoms. The predicted octanol–water partition coefficient (Wildman–Crippen LogP) is 6.99. The molecule has 0 aromatic heterocycles. The lowest BCUT2D eigenvalue weighted by Gasteiger charge is -2.22. The molecule has 164 valence electrons. The number of alkyl carbamates (subject to hydrolysis) is 1. The van der Waals surface area contributed by atoms with Gasteiger partial charge in [-0.15, -0.1) is 0 Å². The number of hydrogen-bond acceptors (Lipinski definition) is 3. The van der Waals surface area contributed by atoms with Crippen molar-refractivity contribution in [1.29, 1.82) is 0 Å².